The smallest absolute Gasteiger partial charge is 0.230 e. The summed E-state index contributed by atoms with van der Waals surface area (Å²) in [5.41, 5.74) is 4.43. The third kappa shape index (κ3) is 2.90. The fraction of sp³-hybridized carbons (Fsp3) is 0.444. The summed E-state index contributed by atoms with van der Waals surface area (Å²) >= 11 is 0. The van der Waals surface area contributed by atoms with Gasteiger partial charge in [0.2, 0.25) is 5.91 Å². The van der Waals surface area contributed by atoms with Gasteiger partial charge in [-0.15, -0.1) is 0 Å². The first-order valence-electron chi connectivity index (χ1n) is 8.02. The van der Waals surface area contributed by atoms with Crippen molar-refractivity contribution in [1.82, 2.24) is 9.78 Å². The van der Waals surface area contributed by atoms with Crippen LogP contribution in [-0.4, -0.2) is 19.9 Å². The van der Waals surface area contributed by atoms with Crippen molar-refractivity contribution in [3.63, 3.8) is 0 Å². The van der Waals surface area contributed by atoms with Crippen LogP contribution in [0.4, 0.5) is 5.82 Å². The van der Waals surface area contributed by atoms with Crippen LogP contribution >= 0.6 is 0 Å². The van der Waals surface area contributed by atoms with Crippen LogP contribution < -0.4 is 5.32 Å². The Morgan fingerprint density at radius 3 is 2.62 bits per heavy atom. The van der Waals surface area contributed by atoms with Gasteiger partial charge in [0.05, 0.1) is 22.9 Å². The molecule has 0 saturated carbocycles. The number of rotatable bonds is 2. The lowest BCUT2D eigenvalue weighted by Crippen LogP contribution is -2.29. The minimum Gasteiger partial charge on any atom is -0.310 e. The summed E-state index contributed by atoms with van der Waals surface area (Å²) in [6, 6.07) is 6.03. The summed E-state index contributed by atoms with van der Waals surface area (Å²) < 4.78 is 13.7. The molecule has 0 spiro atoms. The van der Waals surface area contributed by atoms with Gasteiger partial charge >= 0.3 is 0 Å². The Hall–Kier alpha value is -1.95. The summed E-state index contributed by atoms with van der Waals surface area (Å²) in [5, 5.41) is 7.68. The lowest BCUT2D eigenvalue weighted by molar-refractivity contribution is -0.123. The molecule has 0 fully saturated rings. The Labute approximate surface area is 144 Å². The summed E-state index contributed by atoms with van der Waals surface area (Å²) in [7, 11) is -0.936. The summed E-state index contributed by atoms with van der Waals surface area (Å²) in [6.07, 6.45) is 0. The zero-order valence-electron chi connectivity index (χ0n) is 14.8. The number of aromatic nitrogens is 2. The highest BCUT2D eigenvalue weighted by molar-refractivity contribution is 7.83. The van der Waals surface area contributed by atoms with Crippen LogP contribution in [-0.2, 0) is 27.1 Å². The fourth-order valence-electron chi connectivity index (χ4n) is 2.69. The highest BCUT2D eigenvalue weighted by atomic mass is 32.2. The first kappa shape index (κ1) is 16.9. The first-order chi connectivity index (χ1) is 11.2. The number of nitrogens with zero attached hydrogens (tertiary/aromatic N) is 2. The van der Waals surface area contributed by atoms with E-state index < -0.39 is 16.2 Å². The second-order valence-electron chi connectivity index (χ2n) is 7.34. The van der Waals surface area contributed by atoms with Crippen LogP contribution in [0.5, 0.6) is 0 Å². The number of aryl methyl sites for hydroxylation is 1. The number of benzene rings is 1. The van der Waals surface area contributed by atoms with Crippen LogP contribution in [0.3, 0.4) is 0 Å². The molecular weight excluding hydrogens is 322 g/mol. The van der Waals surface area contributed by atoms with Gasteiger partial charge in [-0.05, 0) is 31.0 Å². The zero-order valence-corrected chi connectivity index (χ0v) is 15.6. The molecular formula is C18H23N3O2S. The monoisotopic (exact) mass is 345 g/mol. The van der Waals surface area contributed by atoms with E-state index in [9.17, 15) is 9.00 Å². The third-order valence-corrected chi connectivity index (χ3v) is 5.59. The molecule has 128 valence electrons. The van der Waals surface area contributed by atoms with E-state index in [1.165, 1.54) is 5.56 Å². The third-order valence-electron chi connectivity index (χ3n) is 4.39. The van der Waals surface area contributed by atoms with Gasteiger partial charge in [0.15, 0.2) is 0 Å². The number of carbonyl (C=O) groups is 1. The van der Waals surface area contributed by atoms with Crippen molar-refractivity contribution >= 4 is 22.5 Å². The Kier molecular flexibility index (Phi) is 4.11. The van der Waals surface area contributed by atoms with Crippen molar-refractivity contribution in [1.29, 1.82) is 0 Å². The van der Waals surface area contributed by atoms with Crippen LogP contribution in [0.25, 0.3) is 5.69 Å². The van der Waals surface area contributed by atoms with Crippen molar-refractivity contribution in [2.45, 2.75) is 46.1 Å². The van der Waals surface area contributed by atoms with Gasteiger partial charge in [0.1, 0.15) is 5.82 Å². The summed E-state index contributed by atoms with van der Waals surface area (Å²) in [5.74, 6) is 1.48. The average molecular weight is 345 g/mol. The first-order valence-corrected chi connectivity index (χ1v) is 9.51. The number of fused-ring (bicyclic) bond motifs is 1. The molecule has 2 heterocycles. The van der Waals surface area contributed by atoms with E-state index in [-0.39, 0.29) is 5.91 Å². The maximum atomic E-state index is 12.5. The molecule has 1 aromatic heterocycles. The molecule has 1 unspecified atom stereocenters. The minimum absolute atomic E-state index is 0.0746. The number of hydrogen-bond acceptors (Lipinski definition) is 3. The number of anilines is 1. The van der Waals surface area contributed by atoms with Gasteiger partial charge in [-0.3, -0.25) is 9.00 Å². The molecule has 0 saturated heterocycles. The van der Waals surface area contributed by atoms with Crippen molar-refractivity contribution in [3.05, 3.63) is 40.6 Å². The van der Waals surface area contributed by atoms with Crippen molar-refractivity contribution < 1.29 is 9.00 Å². The van der Waals surface area contributed by atoms with E-state index in [0.29, 0.717) is 17.3 Å². The number of amides is 1. The lowest BCUT2D eigenvalue weighted by Gasteiger charge is -2.20. The molecule has 24 heavy (non-hydrogen) atoms. The zero-order chi connectivity index (χ0) is 17.6. The lowest BCUT2D eigenvalue weighted by atomic mass is 9.95. The van der Waals surface area contributed by atoms with Crippen LogP contribution in [0.15, 0.2) is 18.2 Å². The Morgan fingerprint density at radius 2 is 1.96 bits per heavy atom. The van der Waals surface area contributed by atoms with Gasteiger partial charge in [0.25, 0.3) is 0 Å². The van der Waals surface area contributed by atoms with E-state index in [2.05, 4.69) is 23.4 Å². The van der Waals surface area contributed by atoms with E-state index >= 15 is 0 Å². The second-order valence-corrected chi connectivity index (χ2v) is 8.79. The Morgan fingerprint density at radius 1 is 1.25 bits per heavy atom. The van der Waals surface area contributed by atoms with Gasteiger partial charge < -0.3 is 5.32 Å². The maximum Gasteiger partial charge on any atom is 0.230 e. The van der Waals surface area contributed by atoms with E-state index in [0.717, 1.165) is 22.5 Å². The molecule has 0 bridgehead atoms. The second kappa shape index (κ2) is 5.84. The fourth-order valence-corrected chi connectivity index (χ4v) is 3.95. The van der Waals surface area contributed by atoms with E-state index in [1.807, 2.05) is 39.8 Å². The standard InChI is InChI=1S/C18H23N3O2S/c1-11-7-6-8-15(12(11)2)21-16(19-17(22)18(3,4)5)13-9-24(23)10-14(13)20-21/h6-8H,9-10H2,1-5H3,(H,19,22). The maximum absolute atomic E-state index is 12.5. The molecule has 1 aliphatic heterocycles. The van der Waals surface area contributed by atoms with E-state index in [4.69, 9.17) is 0 Å². The molecule has 3 rings (SSSR count). The molecule has 1 N–H and O–H groups in total. The van der Waals surface area contributed by atoms with Crippen molar-refractivity contribution in [3.8, 4) is 5.69 Å². The molecule has 0 radical (unpaired) electrons. The van der Waals surface area contributed by atoms with Crippen LogP contribution in [0.2, 0.25) is 0 Å². The van der Waals surface area contributed by atoms with Gasteiger partial charge in [-0.2, -0.15) is 5.10 Å². The molecule has 0 aliphatic carbocycles. The molecule has 5 nitrogen and oxygen atoms in total. The van der Waals surface area contributed by atoms with Crippen molar-refractivity contribution in [2.75, 3.05) is 5.32 Å². The number of nitrogens with one attached hydrogen (secondary N) is 1. The Bertz CT molecular complexity index is 847. The molecule has 2 aromatic rings. The molecule has 1 aromatic carbocycles. The topological polar surface area (TPSA) is 64.0 Å². The predicted octanol–water partition coefficient (Wildman–Crippen LogP) is 3.24. The van der Waals surface area contributed by atoms with Crippen molar-refractivity contribution in [2.24, 2.45) is 5.41 Å². The summed E-state index contributed by atoms with van der Waals surface area (Å²) in [4.78, 5) is 12.5. The largest absolute Gasteiger partial charge is 0.310 e. The molecule has 1 amide bonds. The predicted molar refractivity (Wildman–Crippen MR) is 96.7 cm³/mol. The SMILES string of the molecule is Cc1cccc(-n2nc3c(c2NC(=O)C(C)(C)C)CS(=O)C3)c1C. The normalized spacial score (nSPS) is 17.0. The summed E-state index contributed by atoms with van der Waals surface area (Å²) in [6.45, 7) is 9.72. The van der Waals surface area contributed by atoms with Crippen LogP contribution in [0.1, 0.15) is 43.2 Å². The highest BCUT2D eigenvalue weighted by Crippen LogP contribution is 2.33. The Balaban J connectivity index is 2.14. The molecule has 1 atom stereocenters. The number of carbonyl (C=O) groups excluding carboxylic acids is 1. The number of hydrogen-bond donors (Lipinski definition) is 1. The quantitative estimate of drug-likeness (QED) is 0.909. The molecule has 6 heteroatoms. The van der Waals surface area contributed by atoms with Gasteiger partial charge in [-0.25, -0.2) is 4.68 Å². The van der Waals surface area contributed by atoms with Gasteiger partial charge in [-0.1, -0.05) is 32.9 Å². The van der Waals surface area contributed by atoms with E-state index in [1.54, 1.807) is 4.68 Å². The van der Waals surface area contributed by atoms with Crippen LogP contribution in [0, 0.1) is 19.3 Å². The molecule has 1 aliphatic rings. The van der Waals surface area contributed by atoms with Gasteiger partial charge in [0, 0.05) is 21.8 Å². The highest BCUT2D eigenvalue weighted by Gasteiger charge is 2.31. The average Bonchev–Trinajstić information content (AvgIpc) is 2.98. The minimum atomic E-state index is -0.936.